The SMILES string of the molecule is Cc1ccc(F)c(S(=O)(=O)NCC(C)CCC(=O)O)c1. The lowest BCUT2D eigenvalue weighted by Crippen LogP contribution is -2.29. The van der Waals surface area contributed by atoms with E-state index >= 15 is 0 Å². The number of sulfonamides is 1. The van der Waals surface area contributed by atoms with Gasteiger partial charge in [0.25, 0.3) is 0 Å². The van der Waals surface area contributed by atoms with Crippen LogP contribution in [0.1, 0.15) is 25.3 Å². The molecular weight excluding hydrogens is 285 g/mol. The van der Waals surface area contributed by atoms with Crippen LogP contribution in [-0.4, -0.2) is 26.0 Å². The second-order valence-corrected chi connectivity index (χ2v) is 6.56. The van der Waals surface area contributed by atoms with Crippen LogP contribution in [-0.2, 0) is 14.8 Å². The summed E-state index contributed by atoms with van der Waals surface area (Å²) in [6.07, 6.45) is 0.329. The van der Waals surface area contributed by atoms with Crippen molar-refractivity contribution in [1.29, 1.82) is 0 Å². The fraction of sp³-hybridized carbons (Fsp3) is 0.462. The lowest BCUT2D eigenvalue weighted by molar-refractivity contribution is -0.137. The Morgan fingerprint density at radius 1 is 1.45 bits per heavy atom. The van der Waals surface area contributed by atoms with Crippen LogP contribution < -0.4 is 4.72 Å². The number of nitrogens with one attached hydrogen (secondary N) is 1. The summed E-state index contributed by atoms with van der Waals surface area (Å²) in [4.78, 5) is 10.0. The van der Waals surface area contributed by atoms with Gasteiger partial charge in [0.05, 0.1) is 0 Å². The van der Waals surface area contributed by atoms with Crippen molar-refractivity contribution in [2.45, 2.75) is 31.6 Å². The number of carboxylic acids is 1. The van der Waals surface area contributed by atoms with Gasteiger partial charge in [-0.2, -0.15) is 0 Å². The quantitative estimate of drug-likeness (QED) is 0.806. The standard InChI is InChI=1S/C13H18FNO4S/c1-9-3-5-11(14)12(7-9)20(18,19)15-8-10(2)4-6-13(16)17/h3,5,7,10,15H,4,6,8H2,1-2H3,(H,16,17). The Morgan fingerprint density at radius 3 is 2.70 bits per heavy atom. The molecule has 0 bridgehead atoms. The van der Waals surface area contributed by atoms with Crippen LogP contribution in [0.25, 0.3) is 0 Å². The van der Waals surface area contributed by atoms with Crippen molar-refractivity contribution >= 4 is 16.0 Å². The average molecular weight is 303 g/mol. The van der Waals surface area contributed by atoms with E-state index in [2.05, 4.69) is 4.72 Å². The van der Waals surface area contributed by atoms with E-state index in [1.165, 1.54) is 12.1 Å². The molecule has 0 spiro atoms. The van der Waals surface area contributed by atoms with Crippen molar-refractivity contribution in [1.82, 2.24) is 4.72 Å². The highest BCUT2D eigenvalue weighted by atomic mass is 32.2. The molecule has 0 saturated heterocycles. The van der Waals surface area contributed by atoms with Gasteiger partial charge in [-0.15, -0.1) is 0 Å². The highest BCUT2D eigenvalue weighted by molar-refractivity contribution is 7.89. The molecule has 1 aromatic rings. The smallest absolute Gasteiger partial charge is 0.303 e. The molecule has 1 unspecified atom stereocenters. The van der Waals surface area contributed by atoms with E-state index in [0.29, 0.717) is 12.0 Å². The van der Waals surface area contributed by atoms with Crippen LogP contribution in [0.2, 0.25) is 0 Å². The van der Waals surface area contributed by atoms with Gasteiger partial charge < -0.3 is 5.11 Å². The van der Waals surface area contributed by atoms with Gasteiger partial charge in [0.15, 0.2) is 0 Å². The topological polar surface area (TPSA) is 83.5 Å². The van der Waals surface area contributed by atoms with Gasteiger partial charge in [-0.05, 0) is 37.0 Å². The van der Waals surface area contributed by atoms with Gasteiger partial charge in [0.2, 0.25) is 10.0 Å². The van der Waals surface area contributed by atoms with Crippen molar-refractivity contribution in [3.8, 4) is 0 Å². The highest BCUT2D eigenvalue weighted by Crippen LogP contribution is 2.16. The third-order valence-corrected chi connectivity index (χ3v) is 4.29. The van der Waals surface area contributed by atoms with Gasteiger partial charge in [-0.25, -0.2) is 17.5 Å². The van der Waals surface area contributed by atoms with Crippen LogP contribution >= 0.6 is 0 Å². The number of carboxylic acid groups (broad SMARTS) is 1. The Kier molecular flexibility index (Phi) is 5.64. The lowest BCUT2D eigenvalue weighted by atomic mass is 10.1. The molecule has 20 heavy (non-hydrogen) atoms. The second kappa shape index (κ2) is 6.81. The summed E-state index contributed by atoms with van der Waals surface area (Å²) in [5, 5.41) is 8.55. The zero-order chi connectivity index (χ0) is 15.3. The third-order valence-electron chi connectivity index (χ3n) is 2.85. The molecule has 0 amide bonds. The highest BCUT2D eigenvalue weighted by Gasteiger charge is 2.19. The van der Waals surface area contributed by atoms with Gasteiger partial charge in [-0.1, -0.05) is 13.0 Å². The van der Waals surface area contributed by atoms with Crippen molar-refractivity contribution in [2.24, 2.45) is 5.92 Å². The number of rotatable bonds is 7. The van der Waals surface area contributed by atoms with Crippen LogP contribution in [0, 0.1) is 18.7 Å². The van der Waals surface area contributed by atoms with E-state index in [1.54, 1.807) is 13.8 Å². The van der Waals surface area contributed by atoms with E-state index in [4.69, 9.17) is 5.11 Å². The summed E-state index contributed by atoms with van der Waals surface area (Å²) in [6.45, 7) is 3.48. The van der Waals surface area contributed by atoms with Crippen molar-refractivity contribution in [3.63, 3.8) is 0 Å². The number of carbonyl (C=O) groups is 1. The fourth-order valence-electron chi connectivity index (χ4n) is 1.62. The number of benzene rings is 1. The summed E-state index contributed by atoms with van der Waals surface area (Å²) >= 11 is 0. The molecule has 0 saturated carbocycles. The molecule has 7 heteroatoms. The number of hydrogen-bond acceptors (Lipinski definition) is 3. The molecule has 0 aliphatic heterocycles. The fourth-order valence-corrected chi connectivity index (χ4v) is 2.94. The molecule has 1 aromatic carbocycles. The summed E-state index contributed by atoms with van der Waals surface area (Å²) < 4.78 is 39.8. The van der Waals surface area contributed by atoms with Crippen LogP contribution in [0.15, 0.2) is 23.1 Å². The summed E-state index contributed by atoms with van der Waals surface area (Å²) in [5.41, 5.74) is 0.644. The van der Waals surface area contributed by atoms with Gasteiger partial charge in [0.1, 0.15) is 10.7 Å². The van der Waals surface area contributed by atoms with E-state index in [9.17, 15) is 17.6 Å². The van der Waals surface area contributed by atoms with Crippen LogP contribution in [0.4, 0.5) is 4.39 Å². The lowest BCUT2D eigenvalue weighted by Gasteiger charge is -2.12. The van der Waals surface area contributed by atoms with Gasteiger partial charge >= 0.3 is 5.97 Å². The molecule has 2 N–H and O–H groups in total. The molecular formula is C13H18FNO4S. The first-order valence-electron chi connectivity index (χ1n) is 6.20. The van der Waals surface area contributed by atoms with Crippen molar-refractivity contribution in [2.75, 3.05) is 6.54 Å². The van der Waals surface area contributed by atoms with Crippen LogP contribution in [0.5, 0.6) is 0 Å². The molecule has 0 radical (unpaired) electrons. The van der Waals surface area contributed by atoms with Crippen molar-refractivity contribution in [3.05, 3.63) is 29.6 Å². The molecule has 112 valence electrons. The molecule has 0 heterocycles. The molecule has 0 aromatic heterocycles. The van der Waals surface area contributed by atoms with E-state index in [1.807, 2.05) is 0 Å². The van der Waals surface area contributed by atoms with E-state index in [0.717, 1.165) is 6.07 Å². The Bertz CT molecular complexity index is 586. The summed E-state index contributed by atoms with van der Waals surface area (Å²) in [6, 6.07) is 3.86. The Balaban J connectivity index is 2.70. The molecule has 1 atom stereocenters. The monoisotopic (exact) mass is 303 g/mol. The second-order valence-electron chi connectivity index (χ2n) is 4.82. The minimum atomic E-state index is -3.92. The van der Waals surface area contributed by atoms with Gasteiger partial charge in [-0.3, -0.25) is 4.79 Å². The predicted octanol–water partition coefficient (Wildman–Crippen LogP) is 1.91. The van der Waals surface area contributed by atoms with Gasteiger partial charge in [0, 0.05) is 13.0 Å². The minimum Gasteiger partial charge on any atom is -0.481 e. The normalized spacial score (nSPS) is 13.2. The average Bonchev–Trinajstić information content (AvgIpc) is 2.36. The molecule has 1 rings (SSSR count). The number of aryl methyl sites for hydroxylation is 1. The molecule has 5 nitrogen and oxygen atoms in total. The maximum Gasteiger partial charge on any atom is 0.303 e. The first-order chi connectivity index (χ1) is 9.22. The molecule has 0 fully saturated rings. The zero-order valence-corrected chi connectivity index (χ0v) is 12.2. The Morgan fingerprint density at radius 2 is 2.10 bits per heavy atom. The predicted molar refractivity (Wildman–Crippen MR) is 72.4 cm³/mol. The van der Waals surface area contributed by atoms with E-state index in [-0.39, 0.29) is 23.8 Å². The first kappa shape index (κ1) is 16.6. The summed E-state index contributed by atoms with van der Waals surface area (Å²) in [5.74, 6) is -1.88. The minimum absolute atomic E-state index is 0.0261. The molecule has 0 aliphatic carbocycles. The Hall–Kier alpha value is -1.47. The van der Waals surface area contributed by atoms with Crippen LogP contribution in [0.3, 0.4) is 0 Å². The summed E-state index contributed by atoms with van der Waals surface area (Å²) in [7, 11) is -3.92. The first-order valence-corrected chi connectivity index (χ1v) is 7.68. The number of aliphatic carboxylic acids is 1. The maximum atomic E-state index is 13.5. The largest absolute Gasteiger partial charge is 0.481 e. The van der Waals surface area contributed by atoms with Crippen molar-refractivity contribution < 1.29 is 22.7 Å². The Labute approximate surface area is 117 Å². The number of halogens is 1. The van der Waals surface area contributed by atoms with E-state index < -0.39 is 21.8 Å². The number of hydrogen-bond donors (Lipinski definition) is 2. The molecule has 0 aliphatic rings. The maximum absolute atomic E-state index is 13.5. The zero-order valence-electron chi connectivity index (χ0n) is 11.4. The third kappa shape index (κ3) is 4.90.